The lowest BCUT2D eigenvalue weighted by Gasteiger charge is -2.13. The molecule has 0 atom stereocenters. The van der Waals surface area contributed by atoms with Crippen LogP contribution in [0.5, 0.6) is 0 Å². The number of carbonyl (C=O) groups is 1. The molecule has 4 rings (SSSR count). The second kappa shape index (κ2) is 9.18. The fourth-order valence-corrected chi connectivity index (χ4v) is 4.14. The summed E-state index contributed by atoms with van der Waals surface area (Å²) in [6.07, 6.45) is -4.51. The van der Waals surface area contributed by atoms with Crippen LogP contribution in [-0.4, -0.2) is 26.3 Å². The number of Topliss-reactive ketones (excluding diaryl/α,β-unsaturated/α-hetero) is 1. The first-order valence-electron chi connectivity index (χ1n) is 9.43. The van der Waals surface area contributed by atoms with Gasteiger partial charge in [0.1, 0.15) is 0 Å². The van der Waals surface area contributed by atoms with E-state index in [0.717, 1.165) is 23.9 Å². The van der Waals surface area contributed by atoms with Gasteiger partial charge in [0.05, 0.1) is 22.0 Å². The van der Waals surface area contributed by atoms with Crippen molar-refractivity contribution in [1.82, 2.24) is 14.8 Å². The summed E-state index contributed by atoms with van der Waals surface area (Å²) in [7, 11) is 0. The molecule has 0 aliphatic heterocycles. The zero-order chi connectivity index (χ0) is 22.7. The average molecular weight is 474 g/mol. The van der Waals surface area contributed by atoms with Gasteiger partial charge in [0, 0.05) is 11.1 Å². The molecule has 4 nitrogen and oxygen atoms in total. The van der Waals surface area contributed by atoms with E-state index in [1.807, 2.05) is 6.07 Å². The van der Waals surface area contributed by atoms with Crippen LogP contribution >= 0.6 is 23.4 Å². The van der Waals surface area contributed by atoms with E-state index in [2.05, 4.69) is 10.2 Å². The largest absolute Gasteiger partial charge is 0.416 e. The first-order chi connectivity index (χ1) is 15.3. The number of thioether (sulfide) groups is 1. The number of hydrogen-bond donors (Lipinski definition) is 0. The third-order valence-corrected chi connectivity index (χ3v) is 5.87. The fourth-order valence-electron chi connectivity index (χ4n) is 3.07. The molecule has 4 aromatic rings. The maximum Gasteiger partial charge on any atom is 0.416 e. The van der Waals surface area contributed by atoms with Crippen LogP contribution in [0.1, 0.15) is 15.9 Å². The third kappa shape index (κ3) is 4.71. The highest BCUT2D eigenvalue weighted by atomic mass is 35.5. The Labute approximate surface area is 191 Å². The summed E-state index contributed by atoms with van der Waals surface area (Å²) >= 11 is 7.41. The fraction of sp³-hybridized carbons (Fsp3) is 0.0870. The molecule has 1 heterocycles. The van der Waals surface area contributed by atoms with Crippen molar-refractivity contribution in [2.75, 3.05) is 5.75 Å². The quantitative estimate of drug-likeness (QED) is 0.234. The average Bonchev–Trinajstić information content (AvgIpc) is 3.21. The van der Waals surface area contributed by atoms with E-state index in [9.17, 15) is 18.0 Å². The highest BCUT2D eigenvalue weighted by Crippen LogP contribution is 2.35. The van der Waals surface area contributed by atoms with Crippen LogP contribution in [0.25, 0.3) is 17.1 Å². The van der Waals surface area contributed by atoms with Crippen LogP contribution in [0, 0.1) is 0 Å². The highest BCUT2D eigenvalue weighted by Gasteiger charge is 2.31. The van der Waals surface area contributed by atoms with E-state index in [-0.39, 0.29) is 28.2 Å². The molecule has 9 heteroatoms. The summed E-state index contributed by atoms with van der Waals surface area (Å²) < 4.78 is 41.5. The van der Waals surface area contributed by atoms with Gasteiger partial charge in [-0.3, -0.25) is 9.36 Å². The molecular weight excluding hydrogens is 459 g/mol. The number of hydrogen-bond acceptors (Lipinski definition) is 4. The Hall–Kier alpha value is -3.10. The zero-order valence-electron chi connectivity index (χ0n) is 16.4. The Balaban J connectivity index is 1.76. The number of nitrogens with zero attached hydrogens (tertiary/aromatic N) is 3. The zero-order valence-corrected chi connectivity index (χ0v) is 18.0. The maximum atomic E-state index is 13.3. The Bertz CT molecular complexity index is 1260. The Morgan fingerprint density at radius 1 is 0.938 bits per heavy atom. The lowest BCUT2D eigenvalue weighted by molar-refractivity contribution is -0.137. The van der Waals surface area contributed by atoms with E-state index >= 15 is 0 Å². The number of carbonyl (C=O) groups excluding carboxylic acids is 1. The normalized spacial score (nSPS) is 11.5. The molecule has 0 radical (unpaired) electrons. The van der Waals surface area contributed by atoms with Crippen molar-refractivity contribution in [2.45, 2.75) is 11.3 Å². The van der Waals surface area contributed by atoms with Crippen LogP contribution in [0.2, 0.25) is 5.02 Å². The minimum atomic E-state index is -4.51. The summed E-state index contributed by atoms with van der Waals surface area (Å²) in [6, 6.07) is 20.5. The molecule has 0 bridgehead atoms. The summed E-state index contributed by atoms with van der Waals surface area (Å²) in [5, 5.41) is 8.99. The van der Waals surface area contributed by atoms with Gasteiger partial charge in [-0.2, -0.15) is 13.2 Å². The monoisotopic (exact) mass is 473 g/mol. The van der Waals surface area contributed by atoms with E-state index < -0.39 is 11.7 Å². The second-order valence-corrected chi connectivity index (χ2v) is 8.10. The third-order valence-electron chi connectivity index (χ3n) is 4.61. The van der Waals surface area contributed by atoms with Crippen molar-refractivity contribution in [3.63, 3.8) is 0 Å². The number of ketones is 1. The van der Waals surface area contributed by atoms with Crippen LogP contribution < -0.4 is 0 Å². The van der Waals surface area contributed by atoms with Gasteiger partial charge in [-0.25, -0.2) is 0 Å². The number of alkyl halides is 3. The van der Waals surface area contributed by atoms with Gasteiger partial charge in [-0.1, -0.05) is 71.9 Å². The predicted octanol–water partition coefficient (Wildman–Crippen LogP) is 6.58. The predicted molar refractivity (Wildman–Crippen MR) is 118 cm³/mol. The van der Waals surface area contributed by atoms with Crippen LogP contribution in [0.3, 0.4) is 0 Å². The van der Waals surface area contributed by atoms with Gasteiger partial charge in [0.2, 0.25) is 0 Å². The molecule has 0 aliphatic carbocycles. The Morgan fingerprint density at radius 3 is 2.38 bits per heavy atom. The Morgan fingerprint density at radius 2 is 1.66 bits per heavy atom. The highest BCUT2D eigenvalue weighted by molar-refractivity contribution is 7.99. The number of rotatable bonds is 6. The molecule has 0 saturated carbocycles. The van der Waals surface area contributed by atoms with Crippen molar-refractivity contribution in [1.29, 1.82) is 0 Å². The molecular formula is C23H15ClF3N3OS. The van der Waals surface area contributed by atoms with Crippen LogP contribution in [0.15, 0.2) is 84.0 Å². The lowest BCUT2D eigenvalue weighted by atomic mass is 10.1. The molecule has 162 valence electrons. The lowest BCUT2D eigenvalue weighted by Crippen LogP contribution is -2.08. The molecule has 0 aliphatic rings. The molecule has 3 aromatic carbocycles. The molecule has 32 heavy (non-hydrogen) atoms. The van der Waals surface area contributed by atoms with Gasteiger partial charge in [-0.05, 0) is 30.3 Å². The molecule has 0 saturated heterocycles. The SMILES string of the molecule is O=C(CSc1nnc(-c2ccccc2Cl)n1-c1cccc(C(F)(F)F)c1)c1ccccc1. The first kappa shape index (κ1) is 22.1. The molecule has 1 aromatic heterocycles. The Kier molecular flexibility index (Phi) is 6.34. The molecule has 0 amide bonds. The van der Waals surface area contributed by atoms with E-state index in [1.165, 1.54) is 16.7 Å². The summed E-state index contributed by atoms with van der Waals surface area (Å²) in [4.78, 5) is 12.5. The second-order valence-electron chi connectivity index (χ2n) is 6.75. The summed E-state index contributed by atoms with van der Waals surface area (Å²) in [5.41, 5.74) is 0.469. The summed E-state index contributed by atoms with van der Waals surface area (Å²) in [5.74, 6) is 0.196. The van der Waals surface area contributed by atoms with Gasteiger partial charge >= 0.3 is 6.18 Å². The maximum absolute atomic E-state index is 13.3. The number of benzene rings is 3. The van der Waals surface area contributed by atoms with Crippen molar-refractivity contribution in [3.8, 4) is 17.1 Å². The topological polar surface area (TPSA) is 47.8 Å². The van der Waals surface area contributed by atoms with E-state index in [1.54, 1.807) is 48.5 Å². The smallest absolute Gasteiger partial charge is 0.293 e. The first-order valence-corrected chi connectivity index (χ1v) is 10.8. The number of aromatic nitrogens is 3. The minimum absolute atomic E-state index is 0.0453. The van der Waals surface area contributed by atoms with Crippen molar-refractivity contribution in [3.05, 3.63) is 95.0 Å². The van der Waals surface area contributed by atoms with Gasteiger partial charge < -0.3 is 0 Å². The standard InChI is InChI=1S/C23H15ClF3N3OS/c24-19-12-5-4-11-18(19)21-28-29-22(32-14-20(31)15-7-2-1-3-8-15)30(21)17-10-6-9-16(13-17)23(25,26)27/h1-13H,14H2. The molecule has 0 unspecified atom stereocenters. The van der Waals surface area contributed by atoms with Crippen molar-refractivity contribution in [2.24, 2.45) is 0 Å². The minimum Gasteiger partial charge on any atom is -0.293 e. The molecule has 0 fully saturated rings. The van der Waals surface area contributed by atoms with Crippen LogP contribution in [-0.2, 0) is 6.18 Å². The van der Waals surface area contributed by atoms with Gasteiger partial charge in [-0.15, -0.1) is 10.2 Å². The van der Waals surface area contributed by atoms with Crippen LogP contribution in [0.4, 0.5) is 13.2 Å². The van der Waals surface area contributed by atoms with Crippen molar-refractivity contribution < 1.29 is 18.0 Å². The molecule has 0 spiro atoms. The van der Waals surface area contributed by atoms with Gasteiger partial charge in [0.15, 0.2) is 16.8 Å². The van der Waals surface area contributed by atoms with E-state index in [0.29, 0.717) is 16.1 Å². The summed E-state index contributed by atoms with van der Waals surface area (Å²) in [6.45, 7) is 0. The van der Waals surface area contributed by atoms with E-state index in [4.69, 9.17) is 11.6 Å². The molecule has 0 N–H and O–H groups in total. The van der Waals surface area contributed by atoms with Gasteiger partial charge in [0.25, 0.3) is 0 Å². The number of halogens is 4. The van der Waals surface area contributed by atoms with Crippen molar-refractivity contribution >= 4 is 29.1 Å².